The Morgan fingerprint density at radius 2 is 1.81 bits per heavy atom. The molecule has 9 heteroatoms. The predicted molar refractivity (Wildman–Crippen MR) is 115 cm³/mol. The molecule has 31 heavy (non-hydrogen) atoms. The van der Waals surface area contributed by atoms with Crippen molar-refractivity contribution >= 4 is 22.1 Å². The first-order valence-corrected chi connectivity index (χ1v) is 10.8. The Morgan fingerprint density at radius 1 is 1.10 bits per heavy atom. The van der Waals surface area contributed by atoms with Gasteiger partial charge >= 0.3 is 0 Å². The second-order valence-electron chi connectivity index (χ2n) is 6.76. The fraction of sp³-hybridized carbons (Fsp3) is 0.136. The van der Waals surface area contributed by atoms with E-state index in [1.807, 2.05) is 6.92 Å². The first-order chi connectivity index (χ1) is 14.8. The van der Waals surface area contributed by atoms with Gasteiger partial charge in [-0.25, -0.2) is 18.2 Å². The van der Waals surface area contributed by atoms with Crippen molar-refractivity contribution in [1.29, 1.82) is 0 Å². The standard InChI is InChI=1S/C22H21FN4O3S/c1-17-5-11-21(12-6-17)31(29,30)27(15-18-7-9-19(23)10-8-18)16-22(28)26-25-14-20-4-2-3-13-24-20/h2-14H,15-16H2,1H3,(H,26,28)/b25-14-. The summed E-state index contributed by atoms with van der Waals surface area (Å²) in [5, 5.41) is 3.82. The van der Waals surface area contributed by atoms with E-state index in [-0.39, 0.29) is 11.4 Å². The molecule has 2 aromatic carbocycles. The molecule has 0 fully saturated rings. The highest BCUT2D eigenvalue weighted by Gasteiger charge is 2.27. The number of sulfonamides is 1. The normalized spacial score (nSPS) is 11.7. The van der Waals surface area contributed by atoms with Crippen LogP contribution in [0.1, 0.15) is 16.8 Å². The van der Waals surface area contributed by atoms with E-state index in [1.54, 1.807) is 36.5 Å². The van der Waals surface area contributed by atoms with Crippen molar-refractivity contribution < 1.29 is 17.6 Å². The van der Waals surface area contributed by atoms with Crippen LogP contribution in [0.5, 0.6) is 0 Å². The smallest absolute Gasteiger partial charge is 0.255 e. The number of hydrogen-bond donors (Lipinski definition) is 1. The number of nitrogens with one attached hydrogen (secondary N) is 1. The zero-order chi connectivity index (χ0) is 22.3. The Kier molecular flexibility index (Phi) is 7.22. The number of hydrazone groups is 1. The molecule has 0 saturated carbocycles. The lowest BCUT2D eigenvalue weighted by Crippen LogP contribution is -2.39. The van der Waals surface area contributed by atoms with Gasteiger partial charge in [0.1, 0.15) is 5.82 Å². The van der Waals surface area contributed by atoms with E-state index < -0.39 is 28.3 Å². The molecule has 1 N–H and O–H groups in total. The van der Waals surface area contributed by atoms with E-state index in [0.717, 1.165) is 9.87 Å². The molecular weight excluding hydrogens is 419 g/mol. The SMILES string of the molecule is Cc1ccc(S(=O)(=O)N(CC(=O)N/N=C\c2ccccn2)Cc2ccc(F)cc2)cc1. The van der Waals surface area contributed by atoms with Crippen molar-refractivity contribution in [2.24, 2.45) is 5.10 Å². The van der Waals surface area contributed by atoms with Crippen molar-refractivity contribution in [1.82, 2.24) is 14.7 Å². The molecular formula is C22H21FN4O3S. The number of halogens is 1. The number of amides is 1. The Bertz CT molecular complexity index is 1150. The van der Waals surface area contributed by atoms with Gasteiger partial charge in [-0.3, -0.25) is 9.78 Å². The van der Waals surface area contributed by atoms with Crippen LogP contribution in [0.25, 0.3) is 0 Å². The maximum atomic E-state index is 13.2. The summed E-state index contributed by atoms with van der Waals surface area (Å²) >= 11 is 0. The number of aromatic nitrogens is 1. The fourth-order valence-corrected chi connectivity index (χ4v) is 4.08. The molecule has 0 saturated heterocycles. The highest BCUT2D eigenvalue weighted by atomic mass is 32.2. The molecule has 0 spiro atoms. The van der Waals surface area contributed by atoms with Crippen molar-refractivity contribution in [2.45, 2.75) is 18.4 Å². The molecule has 0 aliphatic rings. The maximum absolute atomic E-state index is 13.2. The summed E-state index contributed by atoms with van der Waals surface area (Å²) in [6, 6.07) is 17.0. The lowest BCUT2D eigenvalue weighted by molar-refractivity contribution is -0.121. The number of carbonyl (C=O) groups is 1. The van der Waals surface area contributed by atoms with Gasteiger partial charge < -0.3 is 0 Å². The third kappa shape index (κ3) is 6.27. The van der Waals surface area contributed by atoms with E-state index in [9.17, 15) is 17.6 Å². The fourth-order valence-electron chi connectivity index (χ4n) is 2.70. The van der Waals surface area contributed by atoms with Crippen LogP contribution < -0.4 is 5.43 Å². The first kappa shape index (κ1) is 22.3. The molecule has 0 unspecified atom stereocenters. The van der Waals surface area contributed by atoms with Crippen LogP contribution in [0.3, 0.4) is 0 Å². The zero-order valence-corrected chi connectivity index (χ0v) is 17.6. The highest BCUT2D eigenvalue weighted by Crippen LogP contribution is 2.19. The van der Waals surface area contributed by atoms with Crippen molar-refractivity contribution in [3.05, 3.63) is 95.6 Å². The number of aryl methyl sites for hydroxylation is 1. The molecule has 3 aromatic rings. The summed E-state index contributed by atoms with van der Waals surface area (Å²) < 4.78 is 40.6. The number of rotatable bonds is 8. The van der Waals surface area contributed by atoms with Gasteiger partial charge in [-0.1, -0.05) is 35.9 Å². The molecule has 0 bridgehead atoms. The molecule has 1 heterocycles. The summed E-state index contributed by atoms with van der Waals surface area (Å²) in [5.41, 5.74) is 4.31. The Labute approximate surface area is 180 Å². The summed E-state index contributed by atoms with van der Waals surface area (Å²) in [5.74, 6) is -1.05. The largest absolute Gasteiger partial charge is 0.272 e. The summed E-state index contributed by atoms with van der Waals surface area (Å²) in [4.78, 5) is 16.5. The van der Waals surface area contributed by atoms with Crippen molar-refractivity contribution in [3.63, 3.8) is 0 Å². The number of pyridine rings is 1. The number of carbonyl (C=O) groups excluding carboxylic acids is 1. The van der Waals surface area contributed by atoms with Gasteiger partial charge in [-0.2, -0.15) is 9.41 Å². The lowest BCUT2D eigenvalue weighted by Gasteiger charge is -2.21. The monoisotopic (exact) mass is 440 g/mol. The third-order valence-corrected chi connectivity index (χ3v) is 6.13. The van der Waals surface area contributed by atoms with Gasteiger partial charge in [0, 0.05) is 12.7 Å². The third-order valence-electron chi connectivity index (χ3n) is 4.32. The van der Waals surface area contributed by atoms with Gasteiger partial charge in [0.2, 0.25) is 10.0 Å². The van der Waals surface area contributed by atoms with E-state index in [2.05, 4.69) is 15.5 Å². The van der Waals surface area contributed by atoms with Crippen LogP contribution in [0.2, 0.25) is 0 Å². The topological polar surface area (TPSA) is 91.7 Å². The Hall–Kier alpha value is -3.43. The second-order valence-corrected chi connectivity index (χ2v) is 8.70. The molecule has 3 rings (SSSR count). The quantitative estimate of drug-likeness (QED) is 0.431. The van der Waals surface area contributed by atoms with Gasteiger partial charge in [-0.15, -0.1) is 0 Å². The van der Waals surface area contributed by atoms with Crippen LogP contribution in [-0.2, 0) is 21.4 Å². The van der Waals surface area contributed by atoms with E-state index in [4.69, 9.17) is 0 Å². The minimum atomic E-state index is -3.98. The van der Waals surface area contributed by atoms with Crippen LogP contribution in [0.4, 0.5) is 4.39 Å². The predicted octanol–water partition coefficient (Wildman–Crippen LogP) is 2.87. The van der Waals surface area contributed by atoms with Crippen molar-refractivity contribution in [2.75, 3.05) is 6.54 Å². The van der Waals surface area contributed by atoms with E-state index in [0.29, 0.717) is 11.3 Å². The van der Waals surface area contributed by atoms with Crippen LogP contribution >= 0.6 is 0 Å². The molecule has 1 amide bonds. The molecule has 0 radical (unpaired) electrons. The van der Waals surface area contributed by atoms with Gasteiger partial charge in [-0.05, 0) is 48.9 Å². The Morgan fingerprint density at radius 3 is 2.45 bits per heavy atom. The maximum Gasteiger partial charge on any atom is 0.255 e. The minimum Gasteiger partial charge on any atom is -0.272 e. The van der Waals surface area contributed by atoms with Gasteiger partial charge in [0.15, 0.2) is 0 Å². The zero-order valence-electron chi connectivity index (χ0n) is 16.8. The molecule has 0 aliphatic heterocycles. The van der Waals surface area contributed by atoms with Gasteiger partial charge in [0.05, 0.1) is 23.3 Å². The average molecular weight is 441 g/mol. The van der Waals surface area contributed by atoms with Crippen LogP contribution in [-0.4, -0.2) is 36.4 Å². The van der Waals surface area contributed by atoms with E-state index in [1.165, 1.54) is 42.6 Å². The molecule has 1 aromatic heterocycles. The minimum absolute atomic E-state index is 0.0602. The number of benzene rings is 2. The molecule has 160 valence electrons. The average Bonchev–Trinajstić information content (AvgIpc) is 2.76. The first-order valence-electron chi connectivity index (χ1n) is 9.39. The lowest BCUT2D eigenvalue weighted by atomic mass is 10.2. The molecule has 0 atom stereocenters. The number of nitrogens with zero attached hydrogens (tertiary/aromatic N) is 3. The second kappa shape index (κ2) is 10.1. The summed E-state index contributed by atoms with van der Waals surface area (Å²) in [6.45, 7) is 1.28. The molecule has 7 nitrogen and oxygen atoms in total. The summed E-state index contributed by atoms with van der Waals surface area (Å²) in [6.07, 6.45) is 2.94. The van der Waals surface area contributed by atoms with Crippen LogP contribution in [0.15, 0.2) is 82.9 Å². The van der Waals surface area contributed by atoms with Crippen LogP contribution in [0, 0.1) is 12.7 Å². The van der Waals surface area contributed by atoms with Crippen molar-refractivity contribution in [3.8, 4) is 0 Å². The number of hydrogen-bond acceptors (Lipinski definition) is 5. The Balaban J connectivity index is 1.79. The van der Waals surface area contributed by atoms with Gasteiger partial charge in [0.25, 0.3) is 5.91 Å². The molecule has 0 aliphatic carbocycles. The van der Waals surface area contributed by atoms with E-state index >= 15 is 0 Å². The highest BCUT2D eigenvalue weighted by molar-refractivity contribution is 7.89. The summed E-state index contributed by atoms with van der Waals surface area (Å²) in [7, 11) is -3.98.